The lowest BCUT2D eigenvalue weighted by Crippen LogP contribution is -1.99. The highest BCUT2D eigenvalue weighted by Gasteiger charge is 2.07. The summed E-state index contributed by atoms with van der Waals surface area (Å²) in [4.78, 5) is 21.2. The maximum absolute atomic E-state index is 10.8. The van der Waals surface area contributed by atoms with E-state index in [0.29, 0.717) is 12.1 Å². The van der Waals surface area contributed by atoms with Crippen LogP contribution < -0.4 is 0 Å². The first kappa shape index (κ1) is 13.1. The van der Waals surface area contributed by atoms with Crippen molar-refractivity contribution in [2.45, 2.75) is 6.54 Å². The summed E-state index contributed by atoms with van der Waals surface area (Å²) in [5, 5.41) is 11.8. The van der Waals surface area contributed by atoms with Gasteiger partial charge in [-0.25, -0.2) is 0 Å². The van der Waals surface area contributed by atoms with Crippen LogP contribution in [0.4, 0.5) is 5.69 Å². The number of aromatic nitrogens is 1. The first-order chi connectivity index (χ1) is 10.2. The lowest BCUT2D eigenvalue weighted by atomic mass is 10.1. The third-order valence-corrected chi connectivity index (χ3v) is 3.41. The molecule has 1 heterocycles. The zero-order chi connectivity index (χ0) is 14.8. The number of nitro benzene ring substituents is 1. The highest BCUT2D eigenvalue weighted by molar-refractivity contribution is 5.87. The summed E-state index contributed by atoms with van der Waals surface area (Å²) in [6, 6.07) is 14.0. The van der Waals surface area contributed by atoms with Crippen molar-refractivity contribution in [3.05, 3.63) is 76.0 Å². The minimum atomic E-state index is -0.395. The number of nitrogens with zero attached hydrogens (tertiary/aromatic N) is 2. The molecule has 0 saturated heterocycles. The fourth-order valence-electron chi connectivity index (χ4n) is 2.39. The predicted molar refractivity (Wildman–Crippen MR) is 79.5 cm³/mol. The minimum Gasteiger partial charge on any atom is -0.343 e. The van der Waals surface area contributed by atoms with Crippen LogP contribution >= 0.6 is 0 Å². The molecule has 0 bridgehead atoms. The third kappa shape index (κ3) is 2.53. The molecule has 21 heavy (non-hydrogen) atoms. The fourth-order valence-corrected chi connectivity index (χ4v) is 2.39. The van der Waals surface area contributed by atoms with Crippen LogP contribution in [0.2, 0.25) is 0 Å². The van der Waals surface area contributed by atoms with Crippen molar-refractivity contribution in [1.29, 1.82) is 0 Å². The summed E-state index contributed by atoms with van der Waals surface area (Å²) >= 11 is 0. The van der Waals surface area contributed by atoms with E-state index in [4.69, 9.17) is 0 Å². The second-order valence-electron chi connectivity index (χ2n) is 4.81. The van der Waals surface area contributed by atoms with Crippen molar-refractivity contribution < 1.29 is 9.72 Å². The Morgan fingerprint density at radius 3 is 2.76 bits per heavy atom. The van der Waals surface area contributed by atoms with Gasteiger partial charge in [0.15, 0.2) is 0 Å². The molecule has 0 aliphatic heterocycles. The van der Waals surface area contributed by atoms with E-state index in [2.05, 4.69) is 0 Å². The summed E-state index contributed by atoms with van der Waals surface area (Å²) in [5.74, 6) is 0. The van der Waals surface area contributed by atoms with E-state index < -0.39 is 4.92 Å². The SMILES string of the molecule is O=Cc1ccc2c(ccn2Cc2cccc([N+](=O)[O-])c2)c1. The van der Waals surface area contributed by atoms with E-state index in [0.717, 1.165) is 22.8 Å². The number of benzene rings is 2. The number of rotatable bonds is 4. The lowest BCUT2D eigenvalue weighted by molar-refractivity contribution is -0.384. The minimum absolute atomic E-state index is 0.0900. The molecule has 5 nitrogen and oxygen atoms in total. The van der Waals surface area contributed by atoms with E-state index in [9.17, 15) is 14.9 Å². The molecule has 0 N–H and O–H groups in total. The predicted octanol–water partition coefficient (Wildman–Crippen LogP) is 3.41. The molecule has 1 aromatic heterocycles. The Bertz CT molecular complexity index is 836. The van der Waals surface area contributed by atoms with Crippen LogP contribution in [-0.2, 0) is 6.54 Å². The topological polar surface area (TPSA) is 65.1 Å². The van der Waals surface area contributed by atoms with E-state index in [1.807, 2.05) is 35.0 Å². The molecule has 0 amide bonds. The smallest absolute Gasteiger partial charge is 0.269 e. The molecule has 0 aliphatic rings. The monoisotopic (exact) mass is 280 g/mol. The summed E-state index contributed by atoms with van der Waals surface area (Å²) in [6.07, 6.45) is 2.73. The zero-order valence-electron chi connectivity index (χ0n) is 11.1. The Balaban J connectivity index is 1.96. The van der Waals surface area contributed by atoms with Gasteiger partial charge >= 0.3 is 0 Å². The summed E-state index contributed by atoms with van der Waals surface area (Å²) in [5.41, 5.74) is 2.58. The standard InChI is InChI=1S/C16H12N2O3/c19-11-13-4-5-16-14(8-13)6-7-17(16)10-12-2-1-3-15(9-12)18(20)21/h1-9,11H,10H2. The normalized spacial score (nSPS) is 10.7. The average molecular weight is 280 g/mol. The quantitative estimate of drug-likeness (QED) is 0.418. The number of carbonyl (C=O) groups is 1. The van der Waals surface area contributed by atoms with Gasteiger partial charge in [0.25, 0.3) is 5.69 Å². The lowest BCUT2D eigenvalue weighted by Gasteiger charge is -2.06. The summed E-state index contributed by atoms with van der Waals surface area (Å²) in [6.45, 7) is 0.547. The Morgan fingerprint density at radius 2 is 2.00 bits per heavy atom. The van der Waals surface area contributed by atoms with Gasteiger partial charge in [0.05, 0.1) is 4.92 Å². The van der Waals surface area contributed by atoms with Crippen LogP contribution in [-0.4, -0.2) is 15.8 Å². The van der Waals surface area contributed by atoms with Crippen molar-refractivity contribution >= 4 is 22.9 Å². The van der Waals surface area contributed by atoms with Gasteiger partial charge < -0.3 is 4.57 Å². The van der Waals surface area contributed by atoms with Gasteiger partial charge in [0.1, 0.15) is 6.29 Å². The Kier molecular flexibility index (Phi) is 3.23. The van der Waals surface area contributed by atoms with Crippen LogP contribution in [0.3, 0.4) is 0 Å². The van der Waals surface area contributed by atoms with Crippen molar-refractivity contribution in [1.82, 2.24) is 4.57 Å². The van der Waals surface area contributed by atoms with E-state index >= 15 is 0 Å². The first-order valence-corrected chi connectivity index (χ1v) is 6.45. The molecule has 5 heteroatoms. The highest BCUT2D eigenvalue weighted by Crippen LogP contribution is 2.20. The number of non-ortho nitro benzene ring substituents is 1. The molecule has 3 aromatic rings. The molecule has 0 fully saturated rings. The van der Waals surface area contributed by atoms with Gasteiger partial charge in [0.2, 0.25) is 0 Å². The highest BCUT2D eigenvalue weighted by atomic mass is 16.6. The Morgan fingerprint density at radius 1 is 1.14 bits per heavy atom. The first-order valence-electron chi connectivity index (χ1n) is 6.45. The largest absolute Gasteiger partial charge is 0.343 e. The molecule has 0 saturated carbocycles. The van der Waals surface area contributed by atoms with Crippen LogP contribution in [0, 0.1) is 10.1 Å². The summed E-state index contributed by atoms with van der Waals surface area (Å²) < 4.78 is 2.00. The van der Waals surface area contributed by atoms with Crippen LogP contribution in [0.1, 0.15) is 15.9 Å². The number of carbonyl (C=O) groups excluding carboxylic acids is 1. The number of nitro groups is 1. The maximum Gasteiger partial charge on any atom is 0.269 e. The van der Waals surface area contributed by atoms with Gasteiger partial charge in [-0.15, -0.1) is 0 Å². The molecule has 3 rings (SSSR count). The molecule has 0 atom stereocenters. The molecule has 0 aliphatic carbocycles. The van der Waals surface area contributed by atoms with Crippen LogP contribution in [0.15, 0.2) is 54.7 Å². The van der Waals surface area contributed by atoms with Crippen molar-refractivity contribution in [2.75, 3.05) is 0 Å². The number of aldehydes is 1. The van der Waals surface area contributed by atoms with E-state index in [1.165, 1.54) is 6.07 Å². The molecule has 0 unspecified atom stereocenters. The summed E-state index contributed by atoms with van der Waals surface area (Å²) in [7, 11) is 0. The van der Waals surface area contributed by atoms with Crippen molar-refractivity contribution in [3.8, 4) is 0 Å². The molecular weight excluding hydrogens is 268 g/mol. The van der Waals surface area contributed by atoms with Crippen molar-refractivity contribution in [3.63, 3.8) is 0 Å². The average Bonchev–Trinajstić information content (AvgIpc) is 2.89. The number of hydrogen-bond acceptors (Lipinski definition) is 3. The fraction of sp³-hybridized carbons (Fsp3) is 0.0625. The number of fused-ring (bicyclic) bond motifs is 1. The Hall–Kier alpha value is -2.95. The van der Waals surface area contributed by atoms with Gasteiger partial charge in [-0.3, -0.25) is 14.9 Å². The van der Waals surface area contributed by atoms with Gasteiger partial charge in [-0.05, 0) is 29.8 Å². The van der Waals surface area contributed by atoms with Gasteiger partial charge in [0, 0.05) is 41.3 Å². The van der Waals surface area contributed by atoms with E-state index in [-0.39, 0.29) is 5.69 Å². The maximum atomic E-state index is 10.8. The third-order valence-electron chi connectivity index (χ3n) is 3.41. The van der Waals surface area contributed by atoms with Gasteiger partial charge in [-0.2, -0.15) is 0 Å². The second kappa shape index (κ2) is 5.20. The molecule has 0 radical (unpaired) electrons. The van der Waals surface area contributed by atoms with Crippen molar-refractivity contribution in [2.24, 2.45) is 0 Å². The molecule has 104 valence electrons. The van der Waals surface area contributed by atoms with Crippen LogP contribution in [0.5, 0.6) is 0 Å². The van der Waals surface area contributed by atoms with Crippen LogP contribution in [0.25, 0.3) is 10.9 Å². The molecule has 2 aromatic carbocycles. The Labute approximate surface area is 120 Å². The molecule has 0 spiro atoms. The van der Waals surface area contributed by atoms with Gasteiger partial charge in [-0.1, -0.05) is 12.1 Å². The van der Waals surface area contributed by atoms with E-state index in [1.54, 1.807) is 18.2 Å². The molecular formula is C16H12N2O3. The second-order valence-corrected chi connectivity index (χ2v) is 4.81. The zero-order valence-corrected chi connectivity index (χ0v) is 11.1. The number of hydrogen-bond donors (Lipinski definition) is 0.